The van der Waals surface area contributed by atoms with E-state index < -0.39 is 0 Å². The average Bonchev–Trinajstić information content (AvgIpc) is 2.61. The lowest BCUT2D eigenvalue weighted by molar-refractivity contribution is -0.113. The monoisotopic (exact) mass is 341 g/mol. The minimum atomic E-state index is -0.121. The first kappa shape index (κ1) is 22.7. The van der Waals surface area contributed by atoms with Crippen molar-refractivity contribution in [3.63, 3.8) is 0 Å². The van der Waals surface area contributed by atoms with Gasteiger partial charge in [0.1, 0.15) is 0 Å². The van der Waals surface area contributed by atoms with Gasteiger partial charge in [-0.15, -0.1) is 0 Å². The Balaban J connectivity index is 0.000000353. The molecular weight excluding hydrogens is 310 g/mol. The van der Waals surface area contributed by atoms with Crippen LogP contribution in [0.1, 0.15) is 38.8 Å². The second-order valence-corrected chi connectivity index (χ2v) is 5.74. The van der Waals surface area contributed by atoms with Crippen molar-refractivity contribution in [2.75, 3.05) is 19.6 Å². The summed E-state index contributed by atoms with van der Waals surface area (Å²) in [5, 5.41) is 0. The maximum atomic E-state index is 10.3. The molecule has 0 heterocycles. The van der Waals surface area contributed by atoms with Crippen LogP contribution in [0.25, 0.3) is 5.57 Å². The minimum absolute atomic E-state index is 0.121. The lowest BCUT2D eigenvalue weighted by Gasteiger charge is -2.13. The second kappa shape index (κ2) is 13.1. The molecule has 3 heteroatoms. The second-order valence-electron chi connectivity index (χ2n) is 5.74. The molecule has 0 spiro atoms. The van der Waals surface area contributed by atoms with E-state index in [-0.39, 0.29) is 11.6 Å². The smallest absolute Gasteiger partial charge is 0.178 e. The lowest BCUT2D eigenvalue weighted by atomic mass is 10.1. The molecule has 0 saturated carbocycles. The number of nitrogens with zero attached hydrogens (tertiary/aromatic N) is 1. The zero-order chi connectivity index (χ0) is 19.2. The highest BCUT2D eigenvalue weighted by molar-refractivity contribution is 6.14. The maximum Gasteiger partial charge on any atom is 0.178 e. The Morgan fingerprint density at radius 2 is 1.20 bits per heavy atom. The van der Waals surface area contributed by atoms with Gasteiger partial charge in [0, 0.05) is 0 Å². The van der Waals surface area contributed by atoms with E-state index >= 15 is 0 Å². The van der Waals surface area contributed by atoms with Gasteiger partial charge in [-0.25, -0.2) is 0 Å². The average molecular weight is 341 g/mol. The quantitative estimate of drug-likeness (QED) is 0.750. The SMILES string of the molecule is C=C(C)c1ccc(C)cc1.CCN(CC)CC.O=C1C=CC(=O)C=C1. The van der Waals surface area contributed by atoms with Crippen molar-refractivity contribution < 1.29 is 9.59 Å². The third-order valence-electron chi connectivity index (χ3n) is 3.71. The van der Waals surface area contributed by atoms with Crippen molar-refractivity contribution in [3.8, 4) is 0 Å². The van der Waals surface area contributed by atoms with Crippen LogP contribution in [-0.2, 0) is 9.59 Å². The molecule has 0 fully saturated rings. The zero-order valence-electron chi connectivity index (χ0n) is 16.2. The van der Waals surface area contributed by atoms with Crippen molar-refractivity contribution in [1.29, 1.82) is 0 Å². The fourth-order valence-electron chi connectivity index (χ4n) is 1.95. The van der Waals surface area contributed by atoms with E-state index in [0.29, 0.717) is 0 Å². The highest BCUT2D eigenvalue weighted by Gasteiger charge is 1.98. The molecule has 25 heavy (non-hydrogen) atoms. The molecule has 2 rings (SSSR count). The van der Waals surface area contributed by atoms with Gasteiger partial charge in [0.15, 0.2) is 11.6 Å². The molecule has 0 atom stereocenters. The molecule has 1 aromatic carbocycles. The third kappa shape index (κ3) is 11.0. The van der Waals surface area contributed by atoms with Crippen LogP contribution in [0.15, 0.2) is 55.1 Å². The highest BCUT2D eigenvalue weighted by atomic mass is 16.1. The summed E-state index contributed by atoms with van der Waals surface area (Å²) in [5.74, 6) is -0.241. The van der Waals surface area contributed by atoms with E-state index in [1.54, 1.807) is 0 Å². The third-order valence-corrected chi connectivity index (χ3v) is 3.71. The molecule has 1 aliphatic carbocycles. The van der Waals surface area contributed by atoms with Crippen LogP contribution >= 0.6 is 0 Å². The largest absolute Gasteiger partial charge is 0.304 e. The number of ketones is 2. The Bertz CT molecular complexity index is 562. The van der Waals surface area contributed by atoms with Crippen molar-refractivity contribution in [2.24, 2.45) is 0 Å². The Labute approximate surface area is 152 Å². The molecule has 0 aromatic heterocycles. The minimum Gasteiger partial charge on any atom is -0.304 e. The van der Waals surface area contributed by atoms with Gasteiger partial charge in [-0.05, 0) is 63.3 Å². The summed E-state index contributed by atoms with van der Waals surface area (Å²) < 4.78 is 0. The molecule has 3 nitrogen and oxygen atoms in total. The number of carbonyl (C=O) groups excluding carboxylic acids is 2. The van der Waals surface area contributed by atoms with Crippen LogP contribution < -0.4 is 0 Å². The first-order valence-electron chi connectivity index (χ1n) is 8.72. The van der Waals surface area contributed by atoms with E-state index in [1.807, 2.05) is 6.92 Å². The van der Waals surface area contributed by atoms with Crippen molar-refractivity contribution in [3.05, 3.63) is 66.3 Å². The van der Waals surface area contributed by atoms with Crippen molar-refractivity contribution >= 4 is 17.1 Å². The lowest BCUT2D eigenvalue weighted by Crippen LogP contribution is -2.21. The number of carbonyl (C=O) groups is 2. The topological polar surface area (TPSA) is 37.4 Å². The molecule has 1 aliphatic rings. The Hall–Kier alpha value is -2.26. The van der Waals surface area contributed by atoms with Crippen LogP contribution in [0.3, 0.4) is 0 Å². The molecule has 0 saturated heterocycles. The van der Waals surface area contributed by atoms with Crippen LogP contribution in [0.4, 0.5) is 0 Å². The van der Waals surface area contributed by atoms with Gasteiger partial charge in [0.25, 0.3) is 0 Å². The van der Waals surface area contributed by atoms with E-state index in [1.165, 1.54) is 55.1 Å². The number of aryl methyl sites for hydroxylation is 1. The number of hydrogen-bond donors (Lipinski definition) is 0. The van der Waals surface area contributed by atoms with Gasteiger partial charge in [-0.2, -0.15) is 0 Å². The Morgan fingerprint density at radius 3 is 1.44 bits per heavy atom. The number of rotatable bonds is 4. The van der Waals surface area contributed by atoms with Crippen molar-refractivity contribution in [1.82, 2.24) is 4.90 Å². The summed E-state index contributed by atoms with van der Waals surface area (Å²) in [7, 11) is 0. The Kier molecular flexibility index (Phi) is 11.9. The van der Waals surface area contributed by atoms with Crippen LogP contribution in [0.5, 0.6) is 0 Å². The molecule has 0 radical (unpaired) electrons. The molecule has 0 aliphatic heterocycles. The summed E-state index contributed by atoms with van der Waals surface area (Å²) in [4.78, 5) is 22.9. The van der Waals surface area contributed by atoms with Crippen LogP contribution in [-0.4, -0.2) is 36.1 Å². The first-order chi connectivity index (χ1) is 11.8. The normalized spacial score (nSPS) is 12.2. The van der Waals surface area contributed by atoms with Gasteiger partial charge >= 0.3 is 0 Å². The number of allylic oxidation sites excluding steroid dienone is 5. The molecular formula is C22H31NO2. The van der Waals surface area contributed by atoms with Gasteiger partial charge in [0.05, 0.1) is 0 Å². The molecule has 1 aromatic rings. The van der Waals surface area contributed by atoms with E-state index in [9.17, 15) is 9.59 Å². The molecule has 0 amide bonds. The van der Waals surface area contributed by atoms with Crippen LogP contribution in [0.2, 0.25) is 0 Å². The van der Waals surface area contributed by atoms with E-state index in [2.05, 4.69) is 63.4 Å². The summed E-state index contributed by atoms with van der Waals surface area (Å²) in [6.07, 6.45) is 5.01. The summed E-state index contributed by atoms with van der Waals surface area (Å²) in [6.45, 7) is 18.1. The zero-order valence-corrected chi connectivity index (χ0v) is 16.2. The van der Waals surface area contributed by atoms with Crippen LogP contribution in [0, 0.1) is 6.92 Å². The van der Waals surface area contributed by atoms with Gasteiger partial charge in [-0.3, -0.25) is 9.59 Å². The van der Waals surface area contributed by atoms with E-state index in [0.717, 1.165) is 5.57 Å². The summed E-state index contributed by atoms with van der Waals surface area (Å²) in [6, 6.07) is 8.39. The fourth-order valence-corrected chi connectivity index (χ4v) is 1.95. The standard InChI is InChI=1S/C10H12.C6H15N.C6H4O2/c1-8(2)10-6-4-9(3)5-7-10;1-4-7(5-2)6-3;7-5-1-2-6(8)4-3-5/h4-7H,1H2,2-3H3;4-6H2,1-3H3;1-4H. The van der Waals surface area contributed by atoms with Crippen molar-refractivity contribution in [2.45, 2.75) is 34.6 Å². The number of benzene rings is 1. The molecule has 0 unspecified atom stereocenters. The maximum absolute atomic E-state index is 10.3. The van der Waals surface area contributed by atoms with Gasteiger partial charge < -0.3 is 4.90 Å². The number of hydrogen-bond acceptors (Lipinski definition) is 3. The predicted molar refractivity (Wildman–Crippen MR) is 108 cm³/mol. The first-order valence-corrected chi connectivity index (χ1v) is 8.72. The Morgan fingerprint density at radius 1 is 0.840 bits per heavy atom. The van der Waals surface area contributed by atoms with Gasteiger partial charge in [-0.1, -0.05) is 62.8 Å². The summed E-state index contributed by atoms with van der Waals surface area (Å²) in [5.41, 5.74) is 3.65. The molecule has 0 N–H and O–H groups in total. The fraction of sp³-hybridized carbons (Fsp3) is 0.364. The summed E-state index contributed by atoms with van der Waals surface area (Å²) >= 11 is 0. The van der Waals surface area contributed by atoms with E-state index in [4.69, 9.17) is 0 Å². The molecule has 136 valence electrons. The van der Waals surface area contributed by atoms with Gasteiger partial charge in [0.2, 0.25) is 0 Å². The highest BCUT2D eigenvalue weighted by Crippen LogP contribution is 2.11. The predicted octanol–water partition coefficient (Wildman–Crippen LogP) is 4.63. The molecule has 0 bridgehead atoms.